The van der Waals surface area contributed by atoms with Gasteiger partial charge in [-0.25, -0.2) is 12.7 Å². The van der Waals surface area contributed by atoms with E-state index in [1.807, 2.05) is 30.3 Å². The van der Waals surface area contributed by atoms with Gasteiger partial charge in [0, 0.05) is 44.3 Å². The fourth-order valence-electron chi connectivity index (χ4n) is 3.24. The molecule has 0 bridgehead atoms. The molecule has 0 radical (unpaired) electrons. The number of aliphatic imine (C=N–C) groups is 1. The van der Waals surface area contributed by atoms with Gasteiger partial charge >= 0.3 is 0 Å². The lowest BCUT2D eigenvalue weighted by Gasteiger charge is -2.37. The Hall–Kier alpha value is -0.870. The van der Waals surface area contributed by atoms with E-state index in [0.717, 1.165) is 24.7 Å². The number of rotatable bonds is 5. The third-order valence-corrected chi connectivity index (χ3v) is 6.68. The van der Waals surface area contributed by atoms with Crippen LogP contribution in [0.3, 0.4) is 0 Å². The van der Waals surface area contributed by atoms with Crippen LogP contribution in [-0.4, -0.2) is 62.1 Å². The van der Waals surface area contributed by atoms with Gasteiger partial charge in [0.1, 0.15) is 0 Å². The Labute approximate surface area is 174 Å². The van der Waals surface area contributed by atoms with Crippen LogP contribution >= 0.6 is 24.0 Å². The Balaban J connectivity index is 0.00000243. The fraction of sp³-hybridized carbons (Fsp3) is 0.611. The second-order valence-corrected chi connectivity index (χ2v) is 9.04. The van der Waals surface area contributed by atoms with Crippen molar-refractivity contribution in [2.24, 2.45) is 10.9 Å². The van der Waals surface area contributed by atoms with E-state index >= 15 is 0 Å². The molecule has 0 spiro atoms. The van der Waals surface area contributed by atoms with E-state index in [2.05, 4.69) is 10.2 Å². The van der Waals surface area contributed by atoms with Crippen molar-refractivity contribution in [3.63, 3.8) is 0 Å². The quantitative estimate of drug-likeness (QED) is 0.390. The number of sulfonamides is 1. The van der Waals surface area contributed by atoms with Crippen LogP contribution in [0.2, 0.25) is 0 Å². The molecule has 2 fully saturated rings. The van der Waals surface area contributed by atoms with Gasteiger partial charge in [0.25, 0.3) is 0 Å². The number of benzene rings is 1. The van der Waals surface area contributed by atoms with Crippen LogP contribution in [-0.2, 0) is 10.0 Å². The summed E-state index contributed by atoms with van der Waals surface area (Å²) in [6, 6.07) is 10.1. The lowest BCUT2D eigenvalue weighted by molar-refractivity contribution is 0.207. The number of hydrogen-bond acceptors (Lipinski definition) is 3. The number of hydrogen-bond donors (Lipinski definition) is 1. The smallest absolute Gasteiger partial charge is 0.213 e. The number of nitrogens with one attached hydrogen (secondary N) is 1. The van der Waals surface area contributed by atoms with Gasteiger partial charge < -0.3 is 10.2 Å². The third kappa shape index (κ3) is 5.56. The third-order valence-electron chi connectivity index (χ3n) is 4.87. The minimum atomic E-state index is -3.04. The van der Waals surface area contributed by atoms with Crippen molar-refractivity contribution in [2.75, 3.05) is 43.8 Å². The molecule has 26 heavy (non-hydrogen) atoms. The first-order valence-electron chi connectivity index (χ1n) is 9.18. The molecular weight excluding hydrogens is 463 g/mol. The minimum Gasteiger partial charge on any atom is -0.343 e. The summed E-state index contributed by atoms with van der Waals surface area (Å²) in [5, 5.41) is 3.45. The molecule has 1 N–H and O–H groups in total. The molecule has 2 heterocycles. The van der Waals surface area contributed by atoms with E-state index in [1.165, 1.54) is 19.3 Å². The van der Waals surface area contributed by atoms with Gasteiger partial charge in [0.2, 0.25) is 10.0 Å². The maximum Gasteiger partial charge on any atom is 0.213 e. The van der Waals surface area contributed by atoms with Crippen molar-refractivity contribution >= 4 is 45.6 Å². The number of halogens is 1. The SMILES string of the molecule is CCS(=O)(=O)N1CC(CN=C(Nc2ccccc2)N2CCCCC2)C1.I. The van der Waals surface area contributed by atoms with Gasteiger partial charge in [-0.2, -0.15) is 0 Å². The number of guanidine groups is 1. The Morgan fingerprint density at radius 1 is 1.15 bits per heavy atom. The predicted molar refractivity (Wildman–Crippen MR) is 118 cm³/mol. The highest BCUT2D eigenvalue weighted by atomic mass is 127. The number of piperidine rings is 1. The Morgan fingerprint density at radius 3 is 2.42 bits per heavy atom. The summed E-state index contributed by atoms with van der Waals surface area (Å²) in [5.41, 5.74) is 1.04. The van der Waals surface area contributed by atoms with E-state index in [9.17, 15) is 8.42 Å². The Bertz CT molecular complexity index is 684. The van der Waals surface area contributed by atoms with Gasteiger partial charge in [-0.15, -0.1) is 24.0 Å². The fourth-order valence-corrected chi connectivity index (χ4v) is 4.48. The van der Waals surface area contributed by atoms with E-state index in [4.69, 9.17) is 4.99 Å². The van der Waals surface area contributed by atoms with Crippen molar-refractivity contribution in [3.8, 4) is 0 Å². The molecule has 3 rings (SSSR count). The maximum atomic E-state index is 11.8. The summed E-state index contributed by atoms with van der Waals surface area (Å²) in [6.07, 6.45) is 3.67. The van der Waals surface area contributed by atoms with E-state index in [0.29, 0.717) is 25.6 Å². The van der Waals surface area contributed by atoms with E-state index in [1.54, 1.807) is 11.2 Å². The largest absolute Gasteiger partial charge is 0.343 e. The molecular formula is C18H29IN4O2S. The van der Waals surface area contributed by atoms with Crippen molar-refractivity contribution in [3.05, 3.63) is 30.3 Å². The normalized spacial score (nSPS) is 19.6. The summed E-state index contributed by atoms with van der Waals surface area (Å²) in [4.78, 5) is 7.13. The first-order valence-corrected chi connectivity index (χ1v) is 10.8. The summed E-state index contributed by atoms with van der Waals surface area (Å²) >= 11 is 0. The predicted octanol–water partition coefficient (Wildman–Crippen LogP) is 2.84. The zero-order chi connectivity index (χ0) is 17.7. The topological polar surface area (TPSA) is 65.0 Å². The molecule has 8 heteroatoms. The first-order chi connectivity index (χ1) is 12.1. The number of likely N-dealkylation sites (tertiary alicyclic amines) is 1. The van der Waals surface area contributed by atoms with Crippen LogP contribution < -0.4 is 5.32 Å². The molecule has 2 aliphatic rings. The molecule has 2 aliphatic heterocycles. The lowest BCUT2D eigenvalue weighted by Crippen LogP contribution is -2.51. The molecule has 2 saturated heterocycles. The summed E-state index contributed by atoms with van der Waals surface area (Å²) in [5.74, 6) is 1.42. The molecule has 0 atom stereocenters. The molecule has 0 aromatic heterocycles. The minimum absolute atomic E-state index is 0. The second kappa shape index (κ2) is 9.89. The molecule has 1 aromatic rings. The van der Waals surface area contributed by atoms with Crippen LogP contribution in [0.4, 0.5) is 5.69 Å². The van der Waals surface area contributed by atoms with Crippen LogP contribution in [0.15, 0.2) is 35.3 Å². The van der Waals surface area contributed by atoms with Gasteiger partial charge in [0.15, 0.2) is 5.96 Å². The molecule has 0 amide bonds. The molecule has 146 valence electrons. The first kappa shape index (κ1) is 21.4. The monoisotopic (exact) mass is 492 g/mol. The average Bonchev–Trinajstić information content (AvgIpc) is 2.61. The van der Waals surface area contributed by atoms with Gasteiger partial charge in [0.05, 0.1) is 5.75 Å². The summed E-state index contributed by atoms with van der Waals surface area (Å²) in [7, 11) is -3.04. The van der Waals surface area contributed by atoms with Gasteiger partial charge in [-0.05, 0) is 38.3 Å². The van der Waals surface area contributed by atoms with Crippen molar-refractivity contribution < 1.29 is 8.42 Å². The average molecular weight is 492 g/mol. The zero-order valence-corrected chi connectivity index (χ0v) is 18.4. The van der Waals surface area contributed by atoms with Gasteiger partial charge in [-0.1, -0.05) is 18.2 Å². The second-order valence-electron chi connectivity index (χ2n) is 6.79. The van der Waals surface area contributed by atoms with Crippen molar-refractivity contribution in [1.82, 2.24) is 9.21 Å². The van der Waals surface area contributed by atoms with Crippen LogP contribution in [0, 0.1) is 5.92 Å². The lowest BCUT2D eigenvalue weighted by atomic mass is 10.0. The molecule has 1 aromatic carbocycles. The standard InChI is InChI=1S/C18H28N4O2S.HI/c1-2-25(23,24)22-14-16(15-22)13-19-18(21-11-7-4-8-12-21)20-17-9-5-3-6-10-17;/h3,5-6,9-10,16H,2,4,7-8,11-15H2,1H3,(H,19,20);1H. The summed E-state index contributed by atoms with van der Waals surface area (Å²) in [6.45, 7) is 5.61. The Morgan fingerprint density at radius 2 is 1.81 bits per heavy atom. The Kier molecular flexibility index (Phi) is 8.15. The number of anilines is 1. The highest BCUT2D eigenvalue weighted by molar-refractivity contribution is 14.0. The van der Waals surface area contributed by atoms with Crippen molar-refractivity contribution in [2.45, 2.75) is 26.2 Å². The zero-order valence-electron chi connectivity index (χ0n) is 15.3. The van der Waals surface area contributed by atoms with Crippen LogP contribution in [0.1, 0.15) is 26.2 Å². The molecule has 0 unspecified atom stereocenters. The summed E-state index contributed by atoms with van der Waals surface area (Å²) < 4.78 is 25.2. The maximum absolute atomic E-state index is 11.8. The van der Waals surface area contributed by atoms with E-state index in [-0.39, 0.29) is 29.7 Å². The molecule has 0 aliphatic carbocycles. The van der Waals surface area contributed by atoms with Crippen LogP contribution in [0.25, 0.3) is 0 Å². The van der Waals surface area contributed by atoms with Gasteiger partial charge in [-0.3, -0.25) is 4.99 Å². The molecule has 0 saturated carbocycles. The highest BCUT2D eigenvalue weighted by Crippen LogP contribution is 2.21. The number of nitrogens with zero attached hydrogens (tertiary/aromatic N) is 3. The van der Waals surface area contributed by atoms with Crippen LogP contribution in [0.5, 0.6) is 0 Å². The van der Waals surface area contributed by atoms with E-state index < -0.39 is 10.0 Å². The number of para-hydroxylation sites is 1. The molecule has 6 nitrogen and oxygen atoms in total. The van der Waals surface area contributed by atoms with Crippen molar-refractivity contribution in [1.29, 1.82) is 0 Å². The highest BCUT2D eigenvalue weighted by Gasteiger charge is 2.34.